The average molecular weight is 290 g/mol. The third-order valence-electron chi connectivity index (χ3n) is 4.84. The standard InChI is InChI=1S/C18H27FN2/c1-17(2)10-12(11-18(3,4)21-17)20-16-9-8-13-14(16)6-5-7-15(13)19/h5-7,12,16,20-21H,8-11H2,1-4H3. The van der Waals surface area contributed by atoms with E-state index in [1.165, 1.54) is 5.56 Å². The highest BCUT2D eigenvalue weighted by atomic mass is 19.1. The van der Waals surface area contributed by atoms with Crippen molar-refractivity contribution in [1.29, 1.82) is 0 Å². The van der Waals surface area contributed by atoms with Crippen LogP contribution >= 0.6 is 0 Å². The van der Waals surface area contributed by atoms with E-state index in [4.69, 9.17) is 0 Å². The third kappa shape index (κ3) is 3.14. The van der Waals surface area contributed by atoms with Gasteiger partial charge in [-0.15, -0.1) is 0 Å². The molecule has 2 aliphatic rings. The van der Waals surface area contributed by atoms with Crippen LogP contribution in [-0.2, 0) is 6.42 Å². The zero-order chi connectivity index (χ0) is 15.3. The summed E-state index contributed by atoms with van der Waals surface area (Å²) in [6, 6.07) is 6.30. The van der Waals surface area contributed by atoms with E-state index in [0.29, 0.717) is 12.1 Å². The highest BCUT2D eigenvalue weighted by Gasteiger charge is 2.39. The number of fused-ring (bicyclic) bond motifs is 1. The fourth-order valence-corrected chi connectivity index (χ4v) is 4.51. The first-order chi connectivity index (χ1) is 9.76. The lowest BCUT2D eigenvalue weighted by Gasteiger charge is -2.47. The van der Waals surface area contributed by atoms with Crippen molar-refractivity contribution in [2.24, 2.45) is 0 Å². The molecule has 1 fully saturated rings. The van der Waals surface area contributed by atoms with Crippen LogP contribution in [0.5, 0.6) is 0 Å². The van der Waals surface area contributed by atoms with E-state index < -0.39 is 0 Å². The number of halogens is 1. The van der Waals surface area contributed by atoms with Gasteiger partial charge in [0.1, 0.15) is 5.82 Å². The van der Waals surface area contributed by atoms with E-state index in [1.807, 2.05) is 6.07 Å². The largest absolute Gasteiger partial charge is 0.307 e. The van der Waals surface area contributed by atoms with Crippen molar-refractivity contribution in [3.05, 3.63) is 35.1 Å². The molecular weight excluding hydrogens is 263 g/mol. The van der Waals surface area contributed by atoms with Crippen molar-refractivity contribution < 1.29 is 4.39 Å². The summed E-state index contributed by atoms with van der Waals surface area (Å²) in [6.45, 7) is 9.07. The van der Waals surface area contributed by atoms with Crippen LogP contribution in [0.2, 0.25) is 0 Å². The second kappa shape index (κ2) is 5.06. The molecule has 1 aliphatic heterocycles. The summed E-state index contributed by atoms with van der Waals surface area (Å²) in [7, 11) is 0. The zero-order valence-electron chi connectivity index (χ0n) is 13.6. The number of benzene rings is 1. The average Bonchev–Trinajstić information content (AvgIpc) is 2.70. The fraction of sp³-hybridized carbons (Fsp3) is 0.667. The van der Waals surface area contributed by atoms with Crippen molar-refractivity contribution in [2.45, 2.75) is 76.5 Å². The van der Waals surface area contributed by atoms with Gasteiger partial charge in [0, 0.05) is 23.2 Å². The molecule has 116 valence electrons. The summed E-state index contributed by atoms with van der Waals surface area (Å²) in [5.74, 6) is -0.0391. The maximum atomic E-state index is 13.9. The normalized spacial score (nSPS) is 27.6. The Hall–Kier alpha value is -0.930. The first-order valence-corrected chi connectivity index (χ1v) is 8.08. The molecule has 21 heavy (non-hydrogen) atoms. The number of hydrogen-bond donors (Lipinski definition) is 2. The number of nitrogens with one attached hydrogen (secondary N) is 2. The summed E-state index contributed by atoms with van der Waals surface area (Å²) >= 11 is 0. The van der Waals surface area contributed by atoms with Gasteiger partial charge in [-0.25, -0.2) is 4.39 Å². The highest BCUT2D eigenvalue weighted by molar-refractivity contribution is 5.35. The second-order valence-corrected chi connectivity index (χ2v) is 8.06. The smallest absolute Gasteiger partial charge is 0.126 e. The maximum Gasteiger partial charge on any atom is 0.126 e. The van der Waals surface area contributed by atoms with Gasteiger partial charge >= 0.3 is 0 Å². The molecule has 0 amide bonds. The molecule has 0 radical (unpaired) electrons. The van der Waals surface area contributed by atoms with E-state index in [0.717, 1.165) is 31.2 Å². The topological polar surface area (TPSA) is 24.1 Å². The Balaban J connectivity index is 1.75. The molecule has 1 unspecified atom stereocenters. The summed E-state index contributed by atoms with van der Waals surface area (Å²) < 4.78 is 13.9. The molecule has 0 saturated carbocycles. The molecular formula is C18H27FN2. The molecule has 1 aromatic carbocycles. The van der Waals surface area contributed by atoms with Gasteiger partial charge in [0.2, 0.25) is 0 Å². The van der Waals surface area contributed by atoms with Crippen molar-refractivity contribution in [1.82, 2.24) is 10.6 Å². The van der Waals surface area contributed by atoms with Gasteiger partial charge in [0.05, 0.1) is 0 Å². The number of piperidine rings is 1. The van der Waals surface area contributed by atoms with E-state index in [9.17, 15) is 4.39 Å². The van der Waals surface area contributed by atoms with Crippen LogP contribution in [0.3, 0.4) is 0 Å². The van der Waals surface area contributed by atoms with Crippen LogP contribution in [0.15, 0.2) is 18.2 Å². The lowest BCUT2D eigenvalue weighted by molar-refractivity contribution is 0.139. The molecule has 0 aromatic heterocycles. The van der Waals surface area contributed by atoms with Gasteiger partial charge in [-0.2, -0.15) is 0 Å². The summed E-state index contributed by atoms with van der Waals surface area (Å²) in [5, 5.41) is 7.52. The van der Waals surface area contributed by atoms with Gasteiger partial charge in [-0.1, -0.05) is 12.1 Å². The molecule has 0 spiro atoms. The van der Waals surface area contributed by atoms with Gasteiger partial charge in [0.15, 0.2) is 0 Å². The molecule has 2 N–H and O–H groups in total. The van der Waals surface area contributed by atoms with Gasteiger partial charge in [0.25, 0.3) is 0 Å². The minimum absolute atomic E-state index is 0.0391. The maximum absolute atomic E-state index is 13.9. The van der Waals surface area contributed by atoms with Crippen LogP contribution < -0.4 is 10.6 Å². The predicted molar refractivity (Wildman–Crippen MR) is 84.9 cm³/mol. The Labute approximate surface area is 127 Å². The lowest BCUT2D eigenvalue weighted by atomic mass is 9.79. The van der Waals surface area contributed by atoms with Gasteiger partial charge in [-0.05, 0) is 70.6 Å². The SMILES string of the molecule is CC1(C)CC(NC2CCc3c(F)cccc32)CC(C)(C)N1. The Bertz CT molecular complexity index is 520. The number of hydrogen-bond acceptors (Lipinski definition) is 2. The van der Waals surface area contributed by atoms with Crippen molar-refractivity contribution in [2.75, 3.05) is 0 Å². The minimum Gasteiger partial charge on any atom is -0.307 e. The first-order valence-electron chi connectivity index (χ1n) is 8.08. The summed E-state index contributed by atoms with van der Waals surface area (Å²) in [6.07, 6.45) is 4.09. The molecule has 1 aromatic rings. The van der Waals surface area contributed by atoms with Crippen LogP contribution in [0.4, 0.5) is 4.39 Å². The van der Waals surface area contributed by atoms with E-state index >= 15 is 0 Å². The Morgan fingerprint density at radius 1 is 1.14 bits per heavy atom. The Morgan fingerprint density at radius 2 is 1.81 bits per heavy atom. The van der Waals surface area contributed by atoms with Gasteiger partial charge in [-0.3, -0.25) is 0 Å². The van der Waals surface area contributed by atoms with E-state index in [-0.39, 0.29) is 16.9 Å². The summed E-state index contributed by atoms with van der Waals surface area (Å²) in [5.41, 5.74) is 2.37. The molecule has 1 heterocycles. The summed E-state index contributed by atoms with van der Waals surface area (Å²) in [4.78, 5) is 0. The molecule has 1 atom stereocenters. The van der Waals surface area contributed by atoms with Crippen molar-refractivity contribution in [3.63, 3.8) is 0 Å². The first kappa shape index (κ1) is 15.0. The van der Waals surface area contributed by atoms with Crippen LogP contribution in [0.25, 0.3) is 0 Å². The zero-order valence-corrected chi connectivity index (χ0v) is 13.6. The number of rotatable bonds is 2. The fourth-order valence-electron chi connectivity index (χ4n) is 4.51. The minimum atomic E-state index is -0.0391. The van der Waals surface area contributed by atoms with Crippen LogP contribution in [0, 0.1) is 5.82 Å². The second-order valence-electron chi connectivity index (χ2n) is 8.06. The predicted octanol–water partition coefficient (Wildman–Crippen LogP) is 3.71. The molecule has 2 nitrogen and oxygen atoms in total. The van der Waals surface area contributed by atoms with E-state index in [1.54, 1.807) is 6.07 Å². The highest BCUT2D eigenvalue weighted by Crippen LogP contribution is 2.36. The Morgan fingerprint density at radius 3 is 2.48 bits per heavy atom. The molecule has 3 rings (SSSR count). The van der Waals surface area contributed by atoms with Gasteiger partial charge < -0.3 is 10.6 Å². The lowest BCUT2D eigenvalue weighted by Crippen LogP contribution is -2.61. The molecule has 1 aliphatic carbocycles. The van der Waals surface area contributed by atoms with E-state index in [2.05, 4.69) is 44.4 Å². The molecule has 3 heteroatoms. The molecule has 1 saturated heterocycles. The third-order valence-corrected chi connectivity index (χ3v) is 4.84. The van der Waals surface area contributed by atoms with Crippen LogP contribution in [-0.4, -0.2) is 17.1 Å². The Kier molecular flexibility index (Phi) is 3.61. The van der Waals surface area contributed by atoms with Crippen LogP contribution in [0.1, 0.15) is 64.1 Å². The molecule has 0 bridgehead atoms. The quantitative estimate of drug-likeness (QED) is 0.867. The monoisotopic (exact) mass is 290 g/mol. The van der Waals surface area contributed by atoms with Crippen molar-refractivity contribution >= 4 is 0 Å². The van der Waals surface area contributed by atoms with Crippen molar-refractivity contribution in [3.8, 4) is 0 Å².